The minimum absolute atomic E-state index is 0.0236. The highest BCUT2D eigenvalue weighted by molar-refractivity contribution is 5.76. The van der Waals surface area contributed by atoms with Crippen molar-refractivity contribution in [2.24, 2.45) is 5.92 Å². The van der Waals surface area contributed by atoms with Crippen LogP contribution in [0.5, 0.6) is 0 Å². The molecule has 17 heavy (non-hydrogen) atoms. The Kier molecular flexibility index (Phi) is 5.13. The first-order valence-corrected chi connectivity index (χ1v) is 6.03. The molecule has 0 aromatic heterocycles. The van der Waals surface area contributed by atoms with Crippen molar-refractivity contribution in [3.8, 4) is 0 Å². The molecule has 1 N–H and O–H groups in total. The van der Waals surface area contributed by atoms with Crippen molar-refractivity contribution >= 4 is 5.91 Å². The molecule has 1 aromatic rings. The second-order valence-electron chi connectivity index (χ2n) is 4.73. The summed E-state index contributed by atoms with van der Waals surface area (Å²) in [4.78, 5) is 11.6. The summed E-state index contributed by atoms with van der Waals surface area (Å²) in [5.74, 6) is 0.196. The fourth-order valence-corrected chi connectivity index (χ4v) is 1.44. The molecule has 1 amide bonds. The van der Waals surface area contributed by atoms with Crippen LogP contribution < -0.4 is 5.32 Å². The predicted octanol–water partition coefficient (Wildman–Crippen LogP) is 2.92. The van der Waals surface area contributed by atoms with Crippen molar-refractivity contribution < 1.29 is 9.18 Å². The van der Waals surface area contributed by atoms with Gasteiger partial charge in [0.1, 0.15) is 5.82 Å². The molecule has 0 spiro atoms. The predicted molar refractivity (Wildman–Crippen MR) is 67.2 cm³/mol. The summed E-state index contributed by atoms with van der Waals surface area (Å²) in [6.07, 6.45) is 0.981. The summed E-state index contributed by atoms with van der Waals surface area (Å²) < 4.78 is 12.9. The average Bonchev–Trinajstić information content (AvgIpc) is 2.26. The van der Waals surface area contributed by atoms with Gasteiger partial charge in [-0.15, -0.1) is 0 Å². The number of rotatable bonds is 5. The highest BCUT2D eigenvalue weighted by atomic mass is 19.1. The molecule has 1 atom stereocenters. The molecule has 0 bridgehead atoms. The Balaban J connectivity index is 2.38. The Bertz CT molecular complexity index is 376. The number of benzene rings is 1. The number of nitrogens with one attached hydrogen (secondary N) is 1. The third-order valence-electron chi connectivity index (χ3n) is 2.92. The Morgan fingerprint density at radius 2 is 2.06 bits per heavy atom. The van der Waals surface area contributed by atoms with Gasteiger partial charge in [0.2, 0.25) is 5.91 Å². The third-order valence-corrected chi connectivity index (χ3v) is 2.92. The molecule has 94 valence electrons. The van der Waals surface area contributed by atoms with Crippen molar-refractivity contribution in [1.29, 1.82) is 0 Å². The van der Waals surface area contributed by atoms with Crippen molar-refractivity contribution in [2.45, 2.75) is 39.7 Å². The minimum Gasteiger partial charge on any atom is -0.353 e. The molecule has 1 aromatic carbocycles. The van der Waals surface area contributed by atoms with Crippen molar-refractivity contribution in [3.63, 3.8) is 0 Å². The zero-order valence-corrected chi connectivity index (χ0v) is 10.7. The maximum Gasteiger partial charge on any atom is 0.220 e. The van der Waals surface area contributed by atoms with E-state index >= 15 is 0 Å². The van der Waals surface area contributed by atoms with E-state index in [1.165, 1.54) is 12.1 Å². The molecule has 0 saturated heterocycles. The van der Waals surface area contributed by atoms with Gasteiger partial charge < -0.3 is 5.32 Å². The number of amides is 1. The van der Waals surface area contributed by atoms with E-state index in [9.17, 15) is 9.18 Å². The van der Waals surface area contributed by atoms with Crippen LogP contribution in [0.1, 0.15) is 32.8 Å². The van der Waals surface area contributed by atoms with Gasteiger partial charge >= 0.3 is 0 Å². The summed E-state index contributed by atoms with van der Waals surface area (Å²) in [5, 5.41) is 2.93. The first-order chi connectivity index (χ1) is 7.99. The van der Waals surface area contributed by atoms with Gasteiger partial charge in [-0.05, 0) is 37.0 Å². The van der Waals surface area contributed by atoms with Crippen molar-refractivity contribution in [1.82, 2.24) is 5.32 Å². The van der Waals surface area contributed by atoms with Crippen LogP contribution >= 0.6 is 0 Å². The lowest BCUT2D eigenvalue weighted by atomic mass is 10.1. The minimum atomic E-state index is -0.251. The van der Waals surface area contributed by atoms with E-state index in [1.807, 2.05) is 13.0 Å². The first kappa shape index (κ1) is 13.7. The lowest BCUT2D eigenvalue weighted by Crippen LogP contribution is -2.36. The van der Waals surface area contributed by atoms with E-state index in [1.54, 1.807) is 6.07 Å². The highest BCUT2D eigenvalue weighted by Crippen LogP contribution is 2.07. The Hall–Kier alpha value is -1.38. The highest BCUT2D eigenvalue weighted by Gasteiger charge is 2.10. The number of carbonyl (C=O) groups excluding carboxylic acids is 1. The van der Waals surface area contributed by atoms with E-state index in [4.69, 9.17) is 0 Å². The zero-order valence-electron chi connectivity index (χ0n) is 10.7. The number of carbonyl (C=O) groups is 1. The van der Waals surface area contributed by atoms with Gasteiger partial charge in [0, 0.05) is 12.5 Å². The van der Waals surface area contributed by atoms with E-state index in [0.717, 1.165) is 5.56 Å². The number of halogens is 1. The van der Waals surface area contributed by atoms with E-state index in [2.05, 4.69) is 19.2 Å². The molecular formula is C14H20FNO. The number of aryl methyl sites for hydroxylation is 1. The van der Waals surface area contributed by atoms with Crippen LogP contribution in [0.2, 0.25) is 0 Å². The molecule has 3 heteroatoms. The Morgan fingerprint density at radius 3 is 2.65 bits per heavy atom. The van der Waals surface area contributed by atoms with Crippen LogP contribution in [0.25, 0.3) is 0 Å². The molecule has 1 rings (SSSR count). The van der Waals surface area contributed by atoms with Gasteiger partial charge in [-0.1, -0.05) is 26.0 Å². The average molecular weight is 237 g/mol. The maximum atomic E-state index is 12.9. The van der Waals surface area contributed by atoms with Gasteiger partial charge in [-0.25, -0.2) is 4.39 Å². The molecule has 0 aliphatic rings. The van der Waals surface area contributed by atoms with Crippen LogP contribution in [0.4, 0.5) is 4.39 Å². The zero-order chi connectivity index (χ0) is 12.8. The molecule has 0 radical (unpaired) electrons. The van der Waals surface area contributed by atoms with Crippen molar-refractivity contribution in [2.75, 3.05) is 0 Å². The fraction of sp³-hybridized carbons (Fsp3) is 0.500. The second-order valence-corrected chi connectivity index (χ2v) is 4.73. The van der Waals surface area contributed by atoms with Gasteiger partial charge in [0.05, 0.1) is 0 Å². The van der Waals surface area contributed by atoms with Gasteiger partial charge in [0.25, 0.3) is 0 Å². The summed E-state index contributed by atoms with van der Waals surface area (Å²) in [5.41, 5.74) is 0.859. The monoisotopic (exact) mass is 237 g/mol. The topological polar surface area (TPSA) is 29.1 Å². The second kappa shape index (κ2) is 6.38. The Labute approximate surface area is 102 Å². The quantitative estimate of drug-likeness (QED) is 0.838. The third kappa shape index (κ3) is 4.98. The largest absolute Gasteiger partial charge is 0.353 e. The standard InChI is InChI=1S/C14H20FNO/c1-10(2)11(3)16-14(17)8-7-12-5-4-6-13(15)9-12/h4-6,9-11H,7-8H2,1-3H3,(H,16,17)/t11-/m1/s1. The Morgan fingerprint density at radius 1 is 1.35 bits per heavy atom. The lowest BCUT2D eigenvalue weighted by Gasteiger charge is -2.17. The summed E-state index contributed by atoms with van der Waals surface area (Å²) in [7, 11) is 0. The van der Waals surface area contributed by atoms with Gasteiger partial charge in [-0.2, -0.15) is 0 Å². The summed E-state index contributed by atoms with van der Waals surface area (Å²) >= 11 is 0. The fourth-order valence-electron chi connectivity index (χ4n) is 1.44. The van der Waals surface area contributed by atoms with Crippen LogP contribution in [0.15, 0.2) is 24.3 Å². The van der Waals surface area contributed by atoms with Gasteiger partial charge in [-0.3, -0.25) is 4.79 Å². The normalized spacial score (nSPS) is 12.5. The van der Waals surface area contributed by atoms with Gasteiger partial charge in [0.15, 0.2) is 0 Å². The van der Waals surface area contributed by atoms with Crippen LogP contribution in [0.3, 0.4) is 0 Å². The number of hydrogen-bond donors (Lipinski definition) is 1. The molecule has 0 saturated carbocycles. The molecule has 0 fully saturated rings. The summed E-state index contributed by atoms with van der Waals surface area (Å²) in [6.45, 7) is 6.12. The van der Waals surface area contributed by atoms with Crippen molar-refractivity contribution in [3.05, 3.63) is 35.6 Å². The molecule has 0 heterocycles. The number of hydrogen-bond acceptors (Lipinski definition) is 1. The maximum absolute atomic E-state index is 12.9. The smallest absolute Gasteiger partial charge is 0.220 e. The van der Waals surface area contributed by atoms with E-state index in [-0.39, 0.29) is 17.8 Å². The molecule has 0 unspecified atom stereocenters. The molecule has 2 nitrogen and oxygen atoms in total. The van der Waals surface area contributed by atoms with Crippen LogP contribution in [-0.2, 0) is 11.2 Å². The summed E-state index contributed by atoms with van der Waals surface area (Å²) in [6, 6.07) is 6.56. The molecule has 0 aliphatic heterocycles. The lowest BCUT2D eigenvalue weighted by molar-refractivity contribution is -0.121. The molecular weight excluding hydrogens is 217 g/mol. The van der Waals surface area contributed by atoms with E-state index in [0.29, 0.717) is 18.8 Å². The van der Waals surface area contributed by atoms with E-state index < -0.39 is 0 Å². The SMILES string of the molecule is CC(C)[C@@H](C)NC(=O)CCc1cccc(F)c1. The van der Waals surface area contributed by atoms with Crippen LogP contribution in [0, 0.1) is 11.7 Å². The molecule has 0 aliphatic carbocycles. The first-order valence-electron chi connectivity index (χ1n) is 6.03. The van der Waals surface area contributed by atoms with Crippen LogP contribution in [-0.4, -0.2) is 11.9 Å².